The number of aryl methyl sites for hydroxylation is 4. The zero-order valence-electron chi connectivity index (χ0n) is 31.2. The van der Waals surface area contributed by atoms with E-state index in [1.165, 1.54) is 158 Å². The van der Waals surface area contributed by atoms with Gasteiger partial charge in [-0.25, -0.2) is 0 Å². The second kappa shape index (κ2) is 16.4. The number of hydrogen-bond donors (Lipinski definition) is 0. The molecule has 2 aromatic heterocycles. The topological polar surface area (TPSA) is 25.8 Å². The van der Waals surface area contributed by atoms with E-state index in [9.17, 15) is 0 Å². The van der Waals surface area contributed by atoms with E-state index in [2.05, 4.69) is 73.1 Å². The molecule has 0 saturated heterocycles. The standard InChI is InChI=1S/C48H60N3/c1-3-7-11-15-27-47-39(29-37(31-49-47)21-13-9-5-1)33-51(34-40-30-38-22-14-10-6-2-4-8-12-16-28-48(40)50-32-38)35-45-43-25-19-17-23-41(43)42-24-18-20-26-44(42)46(45)36-51/h17-20,23-26,29-32H,1-16,21-22,27-28,33-36H2/q+1. The van der Waals surface area contributed by atoms with Crippen LogP contribution in [-0.2, 0) is 51.9 Å². The van der Waals surface area contributed by atoms with Gasteiger partial charge >= 0.3 is 0 Å². The molecule has 10 rings (SSSR count). The van der Waals surface area contributed by atoms with Crippen molar-refractivity contribution in [3.8, 4) is 0 Å². The van der Waals surface area contributed by atoms with E-state index in [1.54, 1.807) is 11.1 Å². The molecule has 4 bridgehead atoms. The van der Waals surface area contributed by atoms with Crippen LogP contribution in [0.3, 0.4) is 0 Å². The first-order chi connectivity index (χ1) is 25.2. The second-order valence-corrected chi connectivity index (χ2v) is 16.6. The zero-order valence-corrected chi connectivity index (χ0v) is 31.2. The van der Waals surface area contributed by atoms with Crippen molar-refractivity contribution in [1.82, 2.24) is 9.97 Å². The van der Waals surface area contributed by atoms with Gasteiger partial charge in [-0.3, -0.25) is 9.97 Å². The number of rotatable bonds is 4. The molecule has 3 aliphatic heterocycles. The first kappa shape index (κ1) is 34.5. The largest absolute Gasteiger partial charge is 0.308 e. The summed E-state index contributed by atoms with van der Waals surface area (Å²) in [5, 5.41) is 5.72. The minimum Gasteiger partial charge on any atom is -0.308 e. The number of hydrogen-bond acceptors (Lipinski definition) is 2. The normalized spacial score (nSPS) is 19.1. The van der Waals surface area contributed by atoms with Crippen LogP contribution >= 0.6 is 0 Å². The summed E-state index contributed by atoms with van der Waals surface area (Å²) in [6.07, 6.45) is 30.5. The van der Waals surface area contributed by atoms with Crippen LogP contribution in [0.15, 0.2) is 73.1 Å². The average molecular weight is 679 g/mol. The molecule has 5 heterocycles. The second-order valence-electron chi connectivity index (χ2n) is 16.6. The maximum absolute atomic E-state index is 5.28. The van der Waals surface area contributed by atoms with Gasteiger partial charge in [0.05, 0.1) is 0 Å². The van der Waals surface area contributed by atoms with Crippen molar-refractivity contribution in [2.75, 3.05) is 0 Å². The molecule has 3 heteroatoms. The van der Waals surface area contributed by atoms with Crippen molar-refractivity contribution < 1.29 is 4.48 Å². The van der Waals surface area contributed by atoms with E-state index in [0.29, 0.717) is 0 Å². The Morgan fingerprint density at radius 3 is 1.18 bits per heavy atom. The lowest BCUT2D eigenvalue weighted by molar-refractivity contribution is -0.972. The molecule has 0 atom stereocenters. The van der Waals surface area contributed by atoms with Crippen LogP contribution in [0, 0.1) is 0 Å². The van der Waals surface area contributed by atoms with Crippen LogP contribution in [0.4, 0.5) is 0 Å². The van der Waals surface area contributed by atoms with E-state index < -0.39 is 0 Å². The predicted molar refractivity (Wildman–Crippen MR) is 214 cm³/mol. The van der Waals surface area contributed by atoms with E-state index >= 15 is 0 Å². The fourth-order valence-corrected chi connectivity index (χ4v) is 9.92. The zero-order chi connectivity index (χ0) is 34.3. The van der Waals surface area contributed by atoms with Crippen molar-refractivity contribution in [3.05, 3.63) is 118 Å². The third kappa shape index (κ3) is 8.10. The van der Waals surface area contributed by atoms with Crippen LogP contribution < -0.4 is 0 Å². The number of nitrogens with zero attached hydrogens (tertiary/aromatic N) is 3. The minimum absolute atomic E-state index is 1.03. The monoisotopic (exact) mass is 678 g/mol. The summed E-state index contributed by atoms with van der Waals surface area (Å²) in [7, 11) is 0. The molecule has 0 N–H and O–H groups in total. The summed E-state index contributed by atoms with van der Waals surface area (Å²) in [5.74, 6) is 0. The fraction of sp³-hybridized carbons (Fsp3) is 0.500. The Kier molecular flexibility index (Phi) is 11.1. The van der Waals surface area contributed by atoms with Gasteiger partial charge in [0.15, 0.2) is 0 Å². The van der Waals surface area contributed by atoms with Gasteiger partial charge < -0.3 is 4.48 Å². The predicted octanol–water partition coefficient (Wildman–Crippen LogP) is 12.5. The first-order valence-electron chi connectivity index (χ1n) is 20.9. The minimum atomic E-state index is 1.03. The molecule has 0 spiro atoms. The van der Waals surface area contributed by atoms with Gasteiger partial charge in [0.25, 0.3) is 0 Å². The molecule has 266 valence electrons. The lowest BCUT2D eigenvalue weighted by atomic mass is 9.93. The molecule has 0 unspecified atom stereocenters. The van der Waals surface area contributed by atoms with E-state index in [0.717, 1.165) is 56.3 Å². The molecule has 5 aromatic rings. The lowest BCUT2D eigenvalue weighted by Crippen LogP contribution is -2.42. The highest BCUT2D eigenvalue weighted by atomic mass is 15.4. The Hall–Kier alpha value is -3.56. The van der Waals surface area contributed by atoms with E-state index in [4.69, 9.17) is 9.97 Å². The summed E-state index contributed by atoms with van der Waals surface area (Å²) in [4.78, 5) is 10.6. The summed E-state index contributed by atoms with van der Waals surface area (Å²) in [5.41, 5.74) is 11.8. The Morgan fingerprint density at radius 2 is 0.765 bits per heavy atom. The van der Waals surface area contributed by atoms with Crippen LogP contribution in [0.2, 0.25) is 0 Å². The van der Waals surface area contributed by atoms with Crippen molar-refractivity contribution in [1.29, 1.82) is 0 Å². The van der Waals surface area contributed by atoms with Crippen LogP contribution in [0.1, 0.15) is 148 Å². The summed E-state index contributed by atoms with van der Waals surface area (Å²) in [6, 6.07) is 23.7. The average Bonchev–Trinajstić information content (AvgIpc) is 3.53. The molecule has 0 radical (unpaired) electrons. The van der Waals surface area contributed by atoms with Crippen molar-refractivity contribution in [3.63, 3.8) is 0 Å². The van der Waals surface area contributed by atoms with Gasteiger partial charge in [0, 0.05) is 46.0 Å². The summed E-state index contributed by atoms with van der Waals surface area (Å²) in [6.45, 7) is 4.20. The van der Waals surface area contributed by atoms with Gasteiger partial charge in [-0.1, -0.05) is 126 Å². The van der Waals surface area contributed by atoms with Crippen LogP contribution in [0.5, 0.6) is 0 Å². The Labute approximate surface area is 307 Å². The molecular formula is C48H60N3+. The molecule has 3 nitrogen and oxygen atoms in total. The Morgan fingerprint density at radius 1 is 0.412 bits per heavy atom. The quantitative estimate of drug-likeness (QED) is 0.140. The van der Waals surface area contributed by atoms with Gasteiger partial charge in [-0.05, 0) is 96.2 Å². The van der Waals surface area contributed by atoms with Gasteiger partial charge in [-0.15, -0.1) is 0 Å². The fourth-order valence-electron chi connectivity index (χ4n) is 9.92. The SMILES string of the molecule is c1ccc2c(c1)c1c(c3ccccc32)C[N+](Cc2cc3cnc2CCCCCCCCCC3)(Cc2cc3cnc2CCCCCCCCCC3)C1. The third-order valence-electron chi connectivity index (χ3n) is 12.6. The maximum Gasteiger partial charge on any atom is 0.107 e. The highest BCUT2D eigenvalue weighted by Crippen LogP contribution is 2.44. The third-order valence-corrected chi connectivity index (χ3v) is 12.6. The van der Waals surface area contributed by atoms with E-state index in [1.807, 2.05) is 0 Å². The molecule has 0 fully saturated rings. The number of aromatic nitrogens is 2. The van der Waals surface area contributed by atoms with Gasteiger partial charge in [0.2, 0.25) is 0 Å². The van der Waals surface area contributed by atoms with Crippen LogP contribution in [0.25, 0.3) is 21.5 Å². The molecule has 0 saturated carbocycles. The van der Waals surface area contributed by atoms with Gasteiger partial charge in [-0.2, -0.15) is 0 Å². The van der Waals surface area contributed by atoms with Crippen LogP contribution in [-0.4, -0.2) is 14.5 Å². The molecule has 5 aliphatic rings. The van der Waals surface area contributed by atoms with Crippen molar-refractivity contribution in [2.24, 2.45) is 0 Å². The molecule has 2 aliphatic carbocycles. The molecule has 3 aromatic carbocycles. The number of fused-ring (bicyclic) bond motifs is 28. The smallest absolute Gasteiger partial charge is 0.107 e. The number of pyridine rings is 2. The summed E-state index contributed by atoms with van der Waals surface area (Å²) < 4.78 is 1.03. The highest BCUT2D eigenvalue weighted by Gasteiger charge is 2.40. The lowest BCUT2D eigenvalue weighted by Gasteiger charge is -2.36. The Bertz CT molecular complexity index is 1800. The molecular weight excluding hydrogens is 619 g/mol. The number of benzene rings is 3. The Balaban J connectivity index is 1.23. The number of quaternary nitrogens is 1. The first-order valence-corrected chi connectivity index (χ1v) is 20.9. The van der Waals surface area contributed by atoms with E-state index in [-0.39, 0.29) is 0 Å². The highest BCUT2D eigenvalue weighted by molar-refractivity contribution is 6.10. The maximum atomic E-state index is 5.28. The van der Waals surface area contributed by atoms with Crippen molar-refractivity contribution in [2.45, 2.75) is 155 Å². The molecule has 0 amide bonds. The summed E-state index contributed by atoms with van der Waals surface area (Å²) >= 11 is 0. The van der Waals surface area contributed by atoms with Crippen molar-refractivity contribution >= 4 is 21.5 Å². The molecule has 51 heavy (non-hydrogen) atoms. The van der Waals surface area contributed by atoms with Gasteiger partial charge in [0.1, 0.15) is 26.2 Å².